The fraction of sp³-hybridized carbons (Fsp3) is 0.178. The highest BCUT2D eigenvalue weighted by molar-refractivity contribution is 6.11. The molecule has 0 saturated heterocycles. The summed E-state index contributed by atoms with van der Waals surface area (Å²) < 4.78 is 6.24. The summed E-state index contributed by atoms with van der Waals surface area (Å²) in [4.78, 5) is 15.3. The first-order valence-electron chi connectivity index (χ1n) is 17.2. The average Bonchev–Trinajstić information content (AvgIpc) is 3.52. The normalized spacial score (nSPS) is 15.1. The zero-order valence-corrected chi connectivity index (χ0v) is 28.3. The Morgan fingerprint density at radius 3 is 1.90 bits per heavy atom. The third-order valence-electron chi connectivity index (χ3n) is 10.6. The third kappa shape index (κ3) is 5.02. The van der Waals surface area contributed by atoms with Crippen LogP contribution in [0.5, 0.6) is 0 Å². The van der Waals surface area contributed by atoms with Gasteiger partial charge in [0.05, 0.1) is 0 Å². The standard InChI is InChI=1S/C45H37N3O/c1-44(2)24-25-45(3,4)37-27-32(22-23-36(37)44)29-16-19-30(20-17-29)41-46-42(33-21-18-28-10-5-6-11-31(28)26-33)48-43(47-41)35-13-9-15-39-40(35)34-12-7-8-14-38(34)49-39/h5-23,26-27H,24-25H2,1-4H3. The van der Waals surface area contributed by atoms with Crippen LogP contribution >= 0.6 is 0 Å². The van der Waals surface area contributed by atoms with Crippen LogP contribution in [0.15, 0.2) is 132 Å². The van der Waals surface area contributed by atoms with E-state index in [9.17, 15) is 0 Å². The molecule has 0 amide bonds. The van der Waals surface area contributed by atoms with Gasteiger partial charge in [-0.15, -0.1) is 0 Å². The zero-order chi connectivity index (χ0) is 33.3. The number of nitrogens with zero attached hydrogens (tertiary/aromatic N) is 3. The molecule has 0 aliphatic heterocycles. The summed E-state index contributed by atoms with van der Waals surface area (Å²) in [6.45, 7) is 9.51. The number of rotatable bonds is 4. The quantitative estimate of drug-likeness (QED) is 0.193. The number of aromatic nitrogens is 3. The molecule has 0 N–H and O–H groups in total. The van der Waals surface area contributed by atoms with Crippen LogP contribution in [-0.4, -0.2) is 15.0 Å². The summed E-state index contributed by atoms with van der Waals surface area (Å²) in [6, 6.07) is 44.7. The summed E-state index contributed by atoms with van der Waals surface area (Å²) in [5.41, 5.74) is 10.2. The van der Waals surface area contributed by atoms with Crippen LogP contribution in [0.25, 0.3) is 78.0 Å². The Morgan fingerprint density at radius 1 is 0.469 bits per heavy atom. The average molecular weight is 636 g/mol. The maximum absolute atomic E-state index is 6.24. The molecular weight excluding hydrogens is 599 g/mol. The van der Waals surface area contributed by atoms with Crippen molar-refractivity contribution in [3.8, 4) is 45.3 Å². The van der Waals surface area contributed by atoms with Crippen LogP contribution in [0.2, 0.25) is 0 Å². The first-order chi connectivity index (χ1) is 23.7. The molecule has 238 valence electrons. The van der Waals surface area contributed by atoms with E-state index >= 15 is 0 Å². The fourth-order valence-corrected chi connectivity index (χ4v) is 7.62. The molecule has 1 aliphatic carbocycles. The molecule has 6 aromatic carbocycles. The van der Waals surface area contributed by atoms with E-state index in [0.29, 0.717) is 17.5 Å². The van der Waals surface area contributed by atoms with Gasteiger partial charge in [-0.3, -0.25) is 0 Å². The summed E-state index contributed by atoms with van der Waals surface area (Å²) in [5.74, 6) is 1.89. The van der Waals surface area contributed by atoms with Gasteiger partial charge in [-0.2, -0.15) is 0 Å². The van der Waals surface area contributed by atoms with Gasteiger partial charge in [0.15, 0.2) is 17.5 Å². The lowest BCUT2D eigenvalue weighted by Crippen LogP contribution is -2.33. The lowest BCUT2D eigenvalue weighted by atomic mass is 9.63. The lowest BCUT2D eigenvalue weighted by molar-refractivity contribution is 0.332. The van der Waals surface area contributed by atoms with E-state index < -0.39 is 0 Å². The second kappa shape index (κ2) is 11.0. The van der Waals surface area contributed by atoms with E-state index in [1.54, 1.807) is 0 Å². The summed E-state index contributed by atoms with van der Waals surface area (Å²) >= 11 is 0. The van der Waals surface area contributed by atoms with Gasteiger partial charge in [0.1, 0.15) is 11.2 Å². The van der Waals surface area contributed by atoms with Gasteiger partial charge in [-0.05, 0) is 74.9 Å². The molecule has 0 bridgehead atoms. The van der Waals surface area contributed by atoms with Gasteiger partial charge in [0, 0.05) is 27.5 Å². The number of hydrogen-bond acceptors (Lipinski definition) is 4. The van der Waals surface area contributed by atoms with Gasteiger partial charge < -0.3 is 4.42 Å². The van der Waals surface area contributed by atoms with Gasteiger partial charge in [-0.1, -0.05) is 137 Å². The topological polar surface area (TPSA) is 51.8 Å². The molecule has 49 heavy (non-hydrogen) atoms. The molecule has 0 spiro atoms. The van der Waals surface area contributed by atoms with Crippen molar-refractivity contribution in [3.63, 3.8) is 0 Å². The van der Waals surface area contributed by atoms with Crippen molar-refractivity contribution < 1.29 is 4.42 Å². The lowest BCUT2D eigenvalue weighted by Gasteiger charge is -2.42. The Bertz CT molecular complexity index is 2560. The minimum Gasteiger partial charge on any atom is -0.456 e. The number of furan rings is 1. The summed E-state index contributed by atoms with van der Waals surface area (Å²) in [6.07, 6.45) is 2.40. The largest absolute Gasteiger partial charge is 0.456 e. The number of fused-ring (bicyclic) bond motifs is 5. The molecule has 2 aromatic heterocycles. The van der Waals surface area contributed by atoms with Gasteiger partial charge in [0.25, 0.3) is 0 Å². The first-order valence-corrected chi connectivity index (χ1v) is 17.2. The Labute approximate surface area is 286 Å². The Kier molecular flexibility index (Phi) is 6.61. The minimum atomic E-state index is 0.157. The highest BCUT2D eigenvalue weighted by Gasteiger charge is 2.37. The second-order valence-corrected chi connectivity index (χ2v) is 14.8. The van der Waals surface area contributed by atoms with Crippen LogP contribution in [0.4, 0.5) is 0 Å². The maximum Gasteiger partial charge on any atom is 0.164 e. The predicted molar refractivity (Wildman–Crippen MR) is 202 cm³/mol. The third-order valence-corrected chi connectivity index (χ3v) is 10.6. The van der Waals surface area contributed by atoms with Crippen LogP contribution in [0, 0.1) is 0 Å². The molecule has 4 heteroatoms. The SMILES string of the molecule is CC1(C)CCC(C)(C)c2cc(-c3ccc(-c4nc(-c5ccc6ccccc6c5)nc(-c5cccc6oc7ccccc7c56)n4)cc3)ccc21. The first kappa shape index (κ1) is 29.5. The number of para-hydroxylation sites is 1. The van der Waals surface area contributed by atoms with Gasteiger partial charge in [-0.25, -0.2) is 15.0 Å². The monoisotopic (exact) mass is 635 g/mol. The Morgan fingerprint density at radius 2 is 1.08 bits per heavy atom. The van der Waals surface area contributed by atoms with Crippen molar-refractivity contribution in [2.75, 3.05) is 0 Å². The minimum absolute atomic E-state index is 0.157. The van der Waals surface area contributed by atoms with E-state index in [1.807, 2.05) is 30.3 Å². The van der Waals surface area contributed by atoms with E-state index in [0.717, 1.165) is 44.0 Å². The molecule has 4 nitrogen and oxygen atoms in total. The van der Waals surface area contributed by atoms with Crippen molar-refractivity contribution in [3.05, 3.63) is 139 Å². The summed E-state index contributed by atoms with van der Waals surface area (Å²) in [7, 11) is 0. The van der Waals surface area contributed by atoms with Crippen LogP contribution in [0.1, 0.15) is 51.7 Å². The van der Waals surface area contributed by atoms with E-state index in [4.69, 9.17) is 19.4 Å². The molecule has 0 saturated carbocycles. The fourth-order valence-electron chi connectivity index (χ4n) is 7.62. The molecular formula is C45H37N3O. The molecule has 0 fully saturated rings. The van der Waals surface area contributed by atoms with Crippen molar-refractivity contribution in [1.82, 2.24) is 15.0 Å². The molecule has 8 aromatic rings. The Hall–Kier alpha value is -5.61. The van der Waals surface area contributed by atoms with Gasteiger partial charge in [0.2, 0.25) is 0 Å². The predicted octanol–water partition coefficient (Wildman–Crippen LogP) is 11.9. The highest BCUT2D eigenvalue weighted by atomic mass is 16.3. The molecule has 2 heterocycles. The zero-order valence-electron chi connectivity index (χ0n) is 28.3. The molecule has 0 atom stereocenters. The molecule has 9 rings (SSSR count). The Balaban J connectivity index is 1.18. The maximum atomic E-state index is 6.24. The van der Waals surface area contributed by atoms with Crippen molar-refractivity contribution in [2.45, 2.75) is 51.4 Å². The van der Waals surface area contributed by atoms with E-state index in [1.165, 1.54) is 40.5 Å². The number of hydrogen-bond donors (Lipinski definition) is 0. The smallest absolute Gasteiger partial charge is 0.164 e. The van der Waals surface area contributed by atoms with Crippen molar-refractivity contribution >= 4 is 32.7 Å². The molecule has 0 radical (unpaired) electrons. The highest BCUT2D eigenvalue weighted by Crippen LogP contribution is 2.47. The van der Waals surface area contributed by atoms with Gasteiger partial charge >= 0.3 is 0 Å². The van der Waals surface area contributed by atoms with Crippen LogP contribution < -0.4 is 0 Å². The van der Waals surface area contributed by atoms with E-state index in [-0.39, 0.29) is 10.8 Å². The molecule has 0 unspecified atom stereocenters. The van der Waals surface area contributed by atoms with E-state index in [2.05, 4.69) is 125 Å². The second-order valence-electron chi connectivity index (χ2n) is 14.8. The number of benzene rings is 6. The van der Waals surface area contributed by atoms with Crippen LogP contribution in [-0.2, 0) is 10.8 Å². The summed E-state index contributed by atoms with van der Waals surface area (Å²) in [5, 5.41) is 4.38. The van der Waals surface area contributed by atoms with Crippen LogP contribution in [0.3, 0.4) is 0 Å². The van der Waals surface area contributed by atoms with Crippen molar-refractivity contribution in [1.29, 1.82) is 0 Å². The van der Waals surface area contributed by atoms with Crippen molar-refractivity contribution in [2.24, 2.45) is 0 Å². The molecule has 1 aliphatic rings.